The zero-order valence-electron chi connectivity index (χ0n) is 15.1. The molecule has 1 aliphatic carbocycles. The highest BCUT2D eigenvalue weighted by atomic mass is 16.5. The van der Waals surface area contributed by atoms with Crippen molar-refractivity contribution in [2.75, 3.05) is 5.32 Å². The van der Waals surface area contributed by atoms with Crippen LogP contribution in [0.1, 0.15) is 30.7 Å². The average molecular weight is 363 g/mol. The molecule has 1 amide bonds. The number of aromatic nitrogens is 2. The number of nitrogens with one attached hydrogen (secondary N) is 1. The van der Waals surface area contributed by atoms with Crippen molar-refractivity contribution in [1.82, 2.24) is 10.2 Å². The molecule has 0 aliphatic heterocycles. The molecule has 4 rings (SSSR count). The molecule has 6 nitrogen and oxygen atoms in total. The van der Waals surface area contributed by atoms with Crippen molar-refractivity contribution in [2.45, 2.75) is 32.8 Å². The monoisotopic (exact) mass is 363 g/mol. The lowest BCUT2D eigenvalue weighted by Gasteiger charge is -2.24. The number of carbonyl (C=O) groups excluding carboxylic acids is 1. The lowest BCUT2D eigenvalue weighted by Crippen LogP contribution is -2.27. The summed E-state index contributed by atoms with van der Waals surface area (Å²) in [5.41, 5.74) is 2.77. The van der Waals surface area contributed by atoms with E-state index in [1.165, 1.54) is 0 Å². The smallest absolute Gasteiger partial charge is 0.254 e. The summed E-state index contributed by atoms with van der Waals surface area (Å²) < 4.78 is 11.4. The Kier molecular flexibility index (Phi) is 4.87. The van der Waals surface area contributed by atoms with Crippen molar-refractivity contribution in [3.05, 3.63) is 60.0 Å². The Morgan fingerprint density at radius 2 is 1.93 bits per heavy atom. The third kappa shape index (κ3) is 4.00. The van der Waals surface area contributed by atoms with E-state index in [1.807, 2.05) is 55.5 Å². The van der Waals surface area contributed by atoms with Crippen LogP contribution in [-0.4, -0.2) is 16.1 Å². The van der Waals surface area contributed by atoms with Gasteiger partial charge in [-0.1, -0.05) is 24.6 Å². The van der Waals surface area contributed by atoms with Crippen molar-refractivity contribution < 1.29 is 13.9 Å². The highest BCUT2D eigenvalue weighted by molar-refractivity contribution is 5.93. The topological polar surface area (TPSA) is 77.3 Å². The molecule has 0 unspecified atom stereocenters. The van der Waals surface area contributed by atoms with Gasteiger partial charge in [-0.15, -0.1) is 10.2 Å². The maximum absolute atomic E-state index is 12.0. The van der Waals surface area contributed by atoms with Crippen LogP contribution < -0.4 is 10.1 Å². The van der Waals surface area contributed by atoms with E-state index in [0.717, 1.165) is 36.1 Å². The average Bonchev–Trinajstić information content (AvgIpc) is 3.09. The standard InChI is InChI=1S/C21H21N3O3/c1-14-5-2-3-8-18(14)21-24-23-19(27-21)13-26-17-11-9-16(10-12-17)22-20(25)15-6-4-7-15/h2-3,5,8-12,15H,4,6-7,13H2,1H3,(H,22,25). The van der Waals surface area contributed by atoms with Gasteiger partial charge in [-0.05, 0) is 55.7 Å². The first kappa shape index (κ1) is 17.3. The van der Waals surface area contributed by atoms with Crippen molar-refractivity contribution >= 4 is 11.6 Å². The van der Waals surface area contributed by atoms with Crippen LogP contribution in [0.25, 0.3) is 11.5 Å². The number of ether oxygens (including phenoxy) is 1. The number of hydrogen-bond acceptors (Lipinski definition) is 5. The van der Waals surface area contributed by atoms with E-state index in [0.29, 0.717) is 17.5 Å². The second-order valence-corrected chi connectivity index (χ2v) is 6.75. The van der Waals surface area contributed by atoms with Crippen LogP contribution in [0, 0.1) is 12.8 Å². The lowest BCUT2D eigenvalue weighted by molar-refractivity contribution is -0.122. The van der Waals surface area contributed by atoms with Crippen LogP contribution >= 0.6 is 0 Å². The van der Waals surface area contributed by atoms with E-state index in [4.69, 9.17) is 9.15 Å². The third-order valence-electron chi connectivity index (χ3n) is 4.80. The molecule has 1 saturated carbocycles. The first-order valence-electron chi connectivity index (χ1n) is 9.11. The molecule has 1 aromatic heterocycles. The molecule has 2 aromatic carbocycles. The van der Waals surface area contributed by atoms with E-state index in [1.54, 1.807) is 0 Å². The van der Waals surface area contributed by atoms with Crippen LogP contribution in [0.2, 0.25) is 0 Å². The van der Waals surface area contributed by atoms with Crippen molar-refractivity contribution in [2.24, 2.45) is 5.92 Å². The normalized spacial score (nSPS) is 13.8. The molecule has 0 radical (unpaired) electrons. The molecule has 1 fully saturated rings. The molecule has 0 bridgehead atoms. The predicted molar refractivity (Wildman–Crippen MR) is 101 cm³/mol. The number of rotatable bonds is 6. The van der Waals surface area contributed by atoms with E-state index in [9.17, 15) is 4.79 Å². The van der Waals surface area contributed by atoms with Gasteiger partial charge < -0.3 is 14.5 Å². The minimum atomic E-state index is 0.101. The number of amides is 1. The number of benzene rings is 2. The quantitative estimate of drug-likeness (QED) is 0.704. The SMILES string of the molecule is Cc1ccccc1-c1nnc(COc2ccc(NC(=O)C3CCC3)cc2)o1. The maximum Gasteiger partial charge on any atom is 0.254 e. The molecule has 6 heteroatoms. The van der Waals surface area contributed by atoms with Crippen LogP contribution in [0.3, 0.4) is 0 Å². The number of aryl methyl sites for hydroxylation is 1. The zero-order valence-corrected chi connectivity index (χ0v) is 15.1. The second-order valence-electron chi connectivity index (χ2n) is 6.75. The fourth-order valence-electron chi connectivity index (χ4n) is 2.93. The molecule has 3 aromatic rings. The number of anilines is 1. The Balaban J connectivity index is 1.34. The molecule has 138 valence electrons. The predicted octanol–water partition coefficient (Wildman–Crippen LogP) is 4.36. The Bertz CT molecular complexity index is 930. The van der Waals surface area contributed by atoms with Gasteiger partial charge in [0.25, 0.3) is 5.89 Å². The molecular formula is C21H21N3O3. The van der Waals surface area contributed by atoms with Crippen LogP contribution in [-0.2, 0) is 11.4 Å². The van der Waals surface area contributed by atoms with Gasteiger partial charge in [-0.25, -0.2) is 0 Å². The Labute approximate surface area is 157 Å². The lowest BCUT2D eigenvalue weighted by atomic mass is 9.85. The summed E-state index contributed by atoms with van der Waals surface area (Å²) in [5.74, 6) is 1.84. The number of hydrogen-bond donors (Lipinski definition) is 1. The van der Waals surface area contributed by atoms with E-state index < -0.39 is 0 Å². The molecule has 0 spiro atoms. The highest BCUT2D eigenvalue weighted by Crippen LogP contribution is 2.28. The Morgan fingerprint density at radius 1 is 1.15 bits per heavy atom. The molecule has 27 heavy (non-hydrogen) atoms. The van der Waals surface area contributed by atoms with Crippen LogP contribution in [0.4, 0.5) is 5.69 Å². The minimum absolute atomic E-state index is 0.101. The fourth-order valence-corrected chi connectivity index (χ4v) is 2.93. The van der Waals surface area contributed by atoms with E-state index in [-0.39, 0.29) is 18.4 Å². The number of nitrogens with zero attached hydrogens (tertiary/aromatic N) is 2. The summed E-state index contributed by atoms with van der Waals surface area (Å²) in [4.78, 5) is 12.0. The Hall–Kier alpha value is -3.15. The van der Waals surface area contributed by atoms with Crippen molar-refractivity contribution in [3.8, 4) is 17.2 Å². The van der Waals surface area contributed by atoms with Gasteiger partial charge in [0.1, 0.15) is 5.75 Å². The summed E-state index contributed by atoms with van der Waals surface area (Å²) in [6, 6.07) is 15.2. The first-order chi connectivity index (χ1) is 13.2. The summed E-state index contributed by atoms with van der Waals surface area (Å²) in [7, 11) is 0. The van der Waals surface area contributed by atoms with E-state index >= 15 is 0 Å². The van der Waals surface area contributed by atoms with Gasteiger partial charge in [-0.3, -0.25) is 4.79 Å². The minimum Gasteiger partial charge on any atom is -0.484 e. The van der Waals surface area contributed by atoms with Gasteiger partial charge in [0.15, 0.2) is 6.61 Å². The van der Waals surface area contributed by atoms with Crippen molar-refractivity contribution in [1.29, 1.82) is 0 Å². The number of carbonyl (C=O) groups is 1. The third-order valence-corrected chi connectivity index (χ3v) is 4.80. The molecule has 0 saturated heterocycles. The van der Waals surface area contributed by atoms with E-state index in [2.05, 4.69) is 15.5 Å². The zero-order chi connectivity index (χ0) is 18.6. The second kappa shape index (κ2) is 7.61. The van der Waals surface area contributed by atoms with Gasteiger partial charge in [0.05, 0.1) is 0 Å². The van der Waals surface area contributed by atoms with Gasteiger partial charge in [-0.2, -0.15) is 0 Å². The Morgan fingerprint density at radius 3 is 2.63 bits per heavy atom. The molecule has 1 heterocycles. The van der Waals surface area contributed by atoms with Crippen molar-refractivity contribution in [3.63, 3.8) is 0 Å². The molecule has 1 aliphatic rings. The molecular weight excluding hydrogens is 342 g/mol. The summed E-state index contributed by atoms with van der Waals surface area (Å²) in [6.07, 6.45) is 3.12. The fraction of sp³-hybridized carbons (Fsp3) is 0.286. The highest BCUT2D eigenvalue weighted by Gasteiger charge is 2.25. The summed E-state index contributed by atoms with van der Waals surface area (Å²) in [5, 5.41) is 11.1. The molecule has 0 atom stereocenters. The largest absolute Gasteiger partial charge is 0.484 e. The van der Waals surface area contributed by atoms with Crippen LogP contribution in [0.15, 0.2) is 52.9 Å². The molecule has 1 N–H and O–H groups in total. The first-order valence-corrected chi connectivity index (χ1v) is 9.11. The van der Waals surface area contributed by atoms with Gasteiger partial charge in [0, 0.05) is 17.2 Å². The van der Waals surface area contributed by atoms with Gasteiger partial charge in [0.2, 0.25) is 11.8 Å². The summed E-state index contributed by atoms with van der Waals surface area (Å²) in [6.45, 7) is 2.19. The van der Waals surface area contributed by atoms with Crippen LogP contribution in [0.5, 0.6) is 5.75 Å². The maximum atomic E-state index is 12.0. The summed E-state index contributed by atoms with van der Waals surface area (Å²) >= 11 is 0. The van der Waals surface area contributed by atoms with Gasteiger partial charge >= 0.3 is 0 Å².